The number of thiazole rings is 1. The molecule has 0 aliphatic carbocycles. The molecule has 1 aromatic carbocycles. The highest BCUT2D eigenvalue weighted by Gasteiger charge is 2.68. The number of aromatic nitrogens is 1. The molecule has 0 saturated carbocycles. The molecular formula is C29H38FN5O5S. The Kier molecular flexibility index (Phi) is 7.56. The number of likely N-dealkylation sites (N-methyl/N-ethyl adjacent to an activating group) is 1. The number of fused-ring (bicyclic) bond motifs is 3. The zero-order valence-corrected chi connectivity index (χ0v) is 24.9. The first kappa shape index (κ1) is 28.5. The molecule has 5 heterocycles. The van der Waals surface area contributed by atoms with Crippen molar-refractivity contribution in [3.63, 3.8) is 0 Å². The van der Waals surface area contributed by atoms with E-state index in [2.05, 4.69) is 29.1 Å². The number of benzene rings is 1. The first-order valence-corrected chi connectivity index (χ1v) is 15.0. The summed E-state index contributed by atoms with van der Waals surface area (Å²) in [5, 5.41) is 3.93. The largest absolute Gasteiger partial charge is 0.367 e. The lowest BCUT2D eigenvalue weighted by atomic mass is 9.86. The van der Waals surface area contributed by atoms with Crippen molar-refractivity contribution in [2.45, 2.75) is 56.5 Å². The van der Waals surface area contributed by atoms with Crippen LogP contribution in [0.4, 0.5) is 9.52 Å². The average molecular weight is 588 g/mol. The first-order valence-electron chi connectivity index (χ1n) is 14.2. The van der Waals surface area contributed by atoms with E-state index in [4.69, 9.17) is 19.2 Å². The second-order valence-corrected chi connectivity index (χ2v) is 12.8. The lowest BCUT2D eigenvalue weighted by Crippen LogP contribution is -2.64. The number of carbonyl (C=O) groups is 2. The molecule has 222 valence electrons. The second-order valence-electron chi connectivity index (χ2n) is 11.6. The van der Waals surface area contributed by atoms with Crippen molar-refractivity contribution in [2.24, 2.45) is 5.92 Å². The SMILES string of the molecule is COC1(OC)CO[C@H]2[C@@H]1N1C(=O)[C@@H](NC(=O)c3ccc(-c4nc(N5CCN(C)CC5)sc4C)cc3)CC(C)C1[C@@H]2F. The highest BCUT2D eigenvalue weighted by Crippen LogP contribution is 2.47. The van der Waals surface area contributed by atoms with Gasteiger partial charge in [-0.25, -0.2) is 9.37 Å². The second kappa shape index (κ2) is 10.9. The van der Waals surface area contributed by atoms with E-state index >= 15 is 4.39 Å². The van der Waals surface area contributed by atoms with Crippen molar-refractivity contribution >= 4 is 28.3 Å². The molecule has 6 rings (SSSR count). The van der Waals surface area contributed by atoms with Gasteiger partial charge in [0.2, 0.25) is 11.7 Å². The number of carbonyl (C=O) groups excluding carboxylic acids is 2. The minimum atomic E-state index is -1.36. The maximum atomic E-state index is 15.5. The van der Waals surface area contributed by atoms with E-state index in [-0.39, 0.29) is 24.3 Å². The fraction of sp³-hybridized carbons (Fsp3) is 0.621. The summed E-state index contributed by atoms with van der Waals surface area (Å²) in [4.78, 5) is 39.2. The monoisotopic (exact) mass is 587 g/mol. The number of anilines is 1. The van der Waals surface area contributed by atoms with Crippen LogP contribution in [-0.2, 0) is 19.0 Å². The standard InChI is InChI=1S/C29H38FN5O5S/c1-16-14-20(27(37)35-23(16)21(30)24-25(35)29(38-4,39-5)15-40-24)31-26(36)19-8-6-18(7-9-19)22-17(2)41-28(32-22)34-12-10-33(3)11-13-34/h6-9,16,20-21,23-25H,10-15H2,1-5H3,(H,31,36)/t16?,20-,21-,23?,24+,25-/m0/s1. The molecule has 1 aromatic heterocycles. The number of alkyl halides is 1. The smallest absolute Gasteiger partial charge is 0.251 e. The summed E-state index contributed by atoms with van der Waals surface area (Å²) in [5.74, 6) is -2.14. The molecule has 12 heteroatoms. The van der Waals surface area contributed by atoms with Crippen molar-refractivity contribution in [3.05, 3.63) is 34.7 Å². The van der Waals surface area contributed by atoms with Crippen molar-refractivity contribution < 1.29 is 28.2 Å². The van der Waals surface area contributed by atoms with Gasteiger partial charge in [-0.2, -0.15) is 0 Å². The van der Waals surface area contributed by atoms with Crippen molar-refractivity contribution in [1.29, 1.82) is 0 Å². The van der Waals surface area contributed by atoms with E-state index in [0.717, 1.165) is 47.4 Å². The van der Waals surface area contributed by atoms with Crippen LogP contribution in [0.3, 0.4) is 0 Å². The molecule has 4 fully saturated rings. The number of methoxy groups -OCH3 is 2. The maximum Gasteiger partial charge on any atom is 0.251 e. The molecule has 1 N–H and O–H groups in total. The molecule has 0 bridgehead atoms. The number of piperazine rings is 1. The van der Waals surface area contributed by atoms with Crippen molar-refractivity contribution in [2.75, 3.05) is 59.0 Å². The number of hydrogen-bond acceptors (Lipinski definition) is 9. The van der Waals surface area contributed by atoms with Gasteiger partial charge in [0, 0.05) is 56.4 Å². The maximum absolute atomic E-state index is 15.5. The Hall–Kier alpha value is -2.64. The quantitative estimate of drug-likeness (QED) is 0.515. The predicted molar refractivity (Wildman–Crippen MR) is 153 cm³/mol. The van der Waals surface area contributed by atoms with Crippen LogP contribution in [0.25, 0.3) is 11.3 Å². The van der Waals surface area contributed by atoms with Gasteiger partial charge in [-0.3, -0.25) is 9.59 Å². The van der Waals surface area contributed by atoms with Gasteiger partial charge >= 0.3 is 0 Å². The van der Waals surface area contributed by atoms with Crippen LogP contribution in [0, 0.1) is 12.8 Å². The Balaban J connectivity index is 1.16. The number of halogens is 1. The average Bonchev–Trinajstić information content (AvgIpc) is 3.64. The molecule has 2 unspecified atom stereocenters. The number of aryl methyl sites for hydroxylation is 1. The van der Waals surface area contributed by atoms with Gasteiger partial charge in [-0.15, -0.1) is 11.3 Å². The van der Waals surface area contributed by atoms with Crippen LogP contribution in [0.5, 0.6) is 0 Å². The molecule has 41 heavy (non-hydrogen) atoms. The van der Waals surface area contributed by atoms with Gasteiger partial charge in [0.25, 0.3) is 5.91 Å². The van der Waals surface area contributed by atoms with Crippen LogP contribution in [-0.4, -0.2) is 117 Å². The summed E-state index contributed by atoms with van der Waals surface area (Å²) >= 11 is 1.69. The van der Waals surface area contributed by atoms with Gasteiger partial charge < -0.3 is 34.2 Å². The summed E-state index contributed by atoms with van der Waals surface area (Å²) in [5.41, 5.74) is 2.30. The van der Waals surface area contributed by atoms with Gasteiger partial charge in [-0.05, 0) is 38.4 Å². The molecule has 2 amide bonds. The number of nitrogens with one attached hydrogen (secondary N) is 1. The summed E-state index contributed by atoms with van der Waals surface area (Å²) in [6.45, 7) is 7.94. The van der Waals surface area contributed by atoms with E-state index in [1.54, 1.807) is 23.5 Å². The molecule has 6 atom stereocenters. The van der Waals surface area contributed by atoms with Crippen molar-refractivity contribution in [3.8, 4) is 11.3 Å². The minimum absolute atomic E-state index is 0.0271. The normalized spacial score (nSPS) is 31.3. The summed E-state index contributed by atoms with van der Waals surface area (Å²) in [6, 6.07) is 5.12. The topological polar surface area (TPSA) is 96.5 Å². The first-order chi connectivity index (χ1) is 19.7. The molecule has 0 radical (unpaired) electrons. The number of nitrogens with zero attached hydrogens (tertiary/aromatic N) is 4. The fourth-order valence-electron chi connectivity index (χ4n) is 6.84. The molecule has 4 aliphatic rings. The summed E-state index contributed by atoms with van der Waals surface area (Å²) in [6.07, 6.45) is -1.86. The third kappa shape index (κ3) is 4.73. The van der Waals surface area contributed by atoms with Gasteiger partial charge in [0.15, 0.2) is 5.13 Å². The number of hydrogen-bond donors (Lipinski definition) is 1. The predicted octanol–water partition coefficient (Wildman–Crippen LogP) is 2.31. The highest BCUT2D eigenvalue weighted by atomic mass is 32.1. The van der Waals surface area contributed by atoms with E-state index in [1.807, 2.05) is 19.1 Å². The molecule has 4 aliphatic heterocycles. The number of piperidine rings is 1. The van der Waals surface area contributed by atoms with Gasteiger partial charge in [-0.1, -0.05) is 19.1 Å². The number of rotatable bonds is 6. The summed E-state index contributed by atoms with van der Waals surface area (Å²) in [7, 11) is 5.07. The van der Waals surface area contributed by atoms with E-state index in [9.17, 15) is 9.59 Å². The van der Waals surface area contributed by atoms with E-state index < -0.39 is 36.2 Å². The fourth-order valence-corrected chi connectivity index (χ4v) is 7.82. The number of ether oxygens (including phenoxy) is 3. The van der Waals surface area contributed by atoms with Crippen LogP contribution in [0.15, 0.2) is 24.3 Å². The third-order valence-electron chi connectivity index (χ3n) is 9.22. The number of amides is 2. The van der Waals surface area contributed by atoms with E-state index in [1.165, 1.54) is 19.1 Å². The molecule has 10 nitrogen and oxygen atoms in total. The van der Waals surface area contributed by atoms with Crippen LogP contribution in [0.2, 0.25) is 0 Å². The van der Waals surface area contributed by atoms with Gasteiger partial charge in [0.05, 0.1) is 11.7 Å². The Morgan fingerprint density at radius 2 is 1.85 bits per heavy atom. The Bertz CT molecular complexity index is 1300. The molecule has 0 spiro atoms. The van der Waals surface area contributed by atoms with Crippen molar-refractivity contribution in [1.82, 2.24) is 20.1 Å². The zero-order valence-electron chi connectivity index (χ0n) is 24.1. The van der Waals surface area contributed by atoms with Gasteiger partial charge in [0.1, 0.15) is 31.0 Å². The molecule has 4 saturated heterocycles. The Morgan fingerprint density at radius 3 is 2.51 bits per heavy atom. The van der Waals surface area contributed by atoms with Crippen LogP contribution < -0.4 is 10.2 Å². The highest BCUT2D eigenvalue weighted by molar-refractivity contribution is 7.16. The lowest BCUT2D eigenvalue weighted by molar-refractivity contribution is -0.232. The van der Waals surface area contributed by atoms with E-state index in [0.29, 0.717) is 12.0 Å². The molecular weight excluding hydrogens is 549 g/mol. The zero-order chi connectivity index (χ0) is 29.1. The Labute approximate surface area is 243 Å². The minimum Gasteiger partial charge on any atom is -0.367 e. The third-order valence-corrected chi connectivity index (χ3v) is 10.3. The van der Waals surface area contributed by atoms with Crippen LogP contribution in [0.1, 0.15) is 28.6 Å². The van der Waals surface area contributed by atoms with Crippen LogP contribution >= 0.6 is 11.3 Å². The lowest BCUT2D eigenvalue weighted by Gasteiger charge is -2.45. The summed E-state index contributed by atoms with van der Waals surface area (Å²) < 4.78 is 32.5. The molecule has 2 aromatic rings. The Morgan fingerprint density at radius 1 is 1.17 bits per heavy atom.